The maximum absolute atomic E-state index is 15.2. The Balaban J connectivity index is 1.87. The van der Waals surface area contributed by atoms with Crippen LogP contribution in [0.15, 0.2) is 60.8 Å². The van der Waals surface area contributed by atoms with Crippen LogP contribution < -0.4 is 16.4 Å². The first-order valence-electron chi connectivity index (χ1n) is 20.1. The molecule has 0 fully saturated rings. The molecule has 0 saturated carbocycles. The summed E-state index contributed by atoms with van der Waals surface area (Å²) in [7, 11) is -1.77. The van der Waals surface area contributed by atoms with Crippen molar-refractivity contribution < 1.29 is 37.4 Å². The van der Waals surface area contributed by atoms with Gasteiger partial charge in [-0.15, -0.1) is 0 Å². The number of halogens is 2. The third kappa shape index (κ3) is 16.3. The summed E-state index contributed by atoms with van der Waals surface area (Å²) in [6.07, 6.45) is 1.76. The molecule has 16 heteroatoms. The lowest BCUT2D eigenvalue weighted by Crippen LogP contribution is -2.47. The monoisotopic (exact) mass is 859 g/mol. The molecule has 0 aliphatic carbocycles. The SMILES string of the molecule is C[SiH](C)CCOC(=O)NCCCN(C(=O)CSCCC(=O)NC(CN)C(=O)OCC[SiH](C)C)[C@@H](c1cc(-c2cc(F)ccc2F)cn1Cc1ccccc1)C(C)(C)C. The van der Waals surface area contributed by atoms with Gasteiger partial charge in [-0.2, -0.15) is 11.8 Å². The molecule has 320 valence electrons. The van der Waals surface area contributed by atoms with Gasteiger partial charge in [0, 0.05) is 79.0 Å². The lowest BCUT2D eigenvalue weighted by atomic mass is 9.83. The minimum absolute atomic E-state index is 0.0423. The molecule has 3 rings (SSSR count). The quantitative estimate of drug-likeness (QED) is 0.0550. The fraction of sp³-hybridized carbons (Fsp3) is 0.524. The molecule has 1 heterocycles. The number of thioether (sulfide) groups is 1. The molecule has 4 N–H and O–H groups in total. The number of hydrogen-bond acceptors (Lipinski definition) is 8. The van der Waals surface area contributed by atoms with Gasteiger partial charge in [0.05, 0.1) is 25.0 Å². The number of hydrogen-bond donors (Lipinski definition) is 3. The lowest BCUT2D eigenvalue weighted by molar-refractivity contribution is -0.147. The van der Waals surface area contributed by atoms with Crippen molar-refractivity contribution in [2.75, 3.05) is 44.4 Å². The first-order valence-corrected chi connectivity index (χ1v) is 27.5. The largest absolute Gasteiger partial charge is 0.464 e. The van der Waals surface area contributed by atoms with Crippen molar-refractivity contribution in [3.8, 4) is 11.1 Å². The number of esters is 1. The number of amides is 3. The van der Waals surface area contributed by atoms with Crippen LogP contribution in [0.1, 0.15) is 50.9 Å². The van der Waals surface area contributed by atoms with Crippen LogP contribution in [0, 0.1) is 17.0 Å². The number of alkyl carbamates (subject to hydrolysis) is 1. The molecule has 1 aromatic heterocycles. The molecule has 2 aromatic carbocycles. The highest BCUT2D eigenvalue weighted by Gasteiger charge is 2.37. The van der Waals surface area contributed by atoms with Crippen molar-refractivity contribution in [2.45, 2.75) is 90.5 Å². The molecule has 0 aliphatic rings. The number of benzene rings is 2. The highest BCUT2D eigenvalue weighted by atomic mass is 32.2. The normalized spacial score (nSPS) is 12.6. The molecular formula is C42H63F2N5O6SSi2. The summed E-state index contributed by atoms with van der Waals surface area (Å²) < 4.78 is 42.3. The maximum Gasteiger partial charge on any atom is 0.407 e. The first kappa shape index (κ1) is 48.4. The Morgan fingerprint density at radius 1 is 0.948 bits per heavy atom. The van der Waals surface area contributed by atoms with E-state index in [1.54, 1.807) is 11.1 Å². The molecule has 0 aliphatic heterocycles. The van der Waals surface area contributed by atoms with Crippen LogP contribution in [0.3, 0.4) is 0 Å². The van der Waals surface area contributed by atoms with Crippen LogP contribution in [-0.4, -0.2) is 101 Å². The molecule has 0 radical (unpaired) electrons. The van der Waals surface area contributed by atoms with E-state index in [9.17, 15) is 23.6 Å². The third-order valence-electron chi connectivity index (χ3n) is 9.37. The summed E-state index contributed by atoms with van der Waals surface area (Å²) in [5.74, 6) is -1.92. The molecule has 0 spiro atoms. The van der Waals surface area contributed by atoms with E-state index in [1.165, 1.54) is 17.8 Å². The van der Waals surface area contributed by atoms with Gasteiger partial charge in [-0.3, -0.25) is 9.59 Å². The van der Waals surface area contributed by atoms with Gasteiger partial charge >= 0.3 is 12.1 Å². The minimum Gasteiger partial charge on any atom is -0.464 e. The fourth-order valence-corrected chi connectivity index (χ4v) is 8.26. The molecule has 0 bridgehead atoms. The van der Waals surface area contributed by atoms with E-state index in [0.717, 1.165) is 35.5 Å². The van der Waals surface area contributed by atoms with Gasteiger partial charge in [0.15, 0.2) is 0 Å². The zero-order valence-electron chi connectivity index (χ0n) is 35.2. The molecular weight excluding hydrogens is 797 g/mol. The number of aromatic nitrogens is 1. The number of ether oxygens (including phenoxy) is 2. The highest BCUT2D eigenvalue weighted by molar-refractivity contribution is 7.99. The standard InChI is InChI=1S/C42H63F2N5O6SSi2/c1-42(2,3)39(36-24-31(33-25-32(43)14-15-34(33)44)28-48(36)27-30-12-9-8-10-13-30)49(18-11-17-46-41(53)55-20-23-58(6)7)38(51)29-56-21-16-37(50)47-35(26-45)40(52)54-19-22-57(4)5/h8-10,12-15,24-25,28,35,39,57-58H,11,16-23,26-27,29,45H2,1-7H3,(H,46,53)(H,47,50)/t35?,39-/m0/s1. The molecule has 58 heavy (non-hydrogen) atoms. The van der Waals surface area contributed by atoms with Gasteiger partial charge in [-0.25, -0.2) is 18.4 Å². The van der Waals surface area contributed by atoms with Crippen LogP contribution >= 0.6 is 11.8 Å². The van der Waals surface area contributed by atoms with Gasteiger partial charge in [0.1, 0.15) is 17.7 Å². The van der Waals surface area contributed by atoms with Crippen LogP contribution in [0.5, 0.6) is 0 Å². The zero-order chi connectivity index (χ0) is 42.8. The Bertz CT molecular complexity index is 1780. The van der Waals surface area contributed by atoms with Crippen molar-refractivity contribution >= 4 is 53.2 Å². The van der Waals surface area contributed by atoms with E-state index < -0.39 is 58.8 Å². The van der Waals surface area contributed by atoms with E-state index >= 15 is 4.39 Å². The number of carbonyl (C=O) groups is 4. The van der Waals surface area contributed by atoms with E-state index in [1.807, 2.05) is 61.7 Å². The Morgan fingerprint density at radius 2 is 1.62 bits per heavy atom. The minimum atomic E-state index is -0.947. The van der Waals surface area contributed by atoms with Gasteiger partial charge in [-0.05, 0) is 53.8 Å². The van der Waals surface area contributed by atoms with Crippen LogP contribution in [0.2, 0.25) is 38.3 Å². The predicted octanol–water partition coefficient (Wildman–Crippen LogP) is 6.60. The van der Waals surface area contributed by atoms with E-state index in [0.29, 0.717) is 37.5 Å². The Labute approximate surface area is 350 Å². The second kappa shape index (κ2) is 24.2. The summed E-state index contributed by atoms with van der Waals surface area (Å²) in [5.41, 5.74) is 7.50. The summed E-state index contributed by atoms with van der Waals surface area (Å²) in [5, 5.41) is 5.46. The number of rotatable bonds is 23. The number of nitrogens with two attached hydrogens (primary N) is 1. The molecule has 0 saturated heterocycles. The predicted molar refractivity (Wildman–Crippen MR) is 234 cm³/mol. The van der Waals surface area contributed by atoms with Gasteiger partial charge < -0.3 is 35.3 Å². The topological polar surface area (TPSA) is 145 Å². The van der Waals surface area contributed by atoms with Crippen LogP contribution in [0.4, 0.5) is 13.6 Å². The maximum atomic E-state index is 15.2. The first-order chi connectivity index (χ1) is 27.5. The Hall–Kier alpha value is -4.00. The summed E-state index contributed by atoms with van der Waals surface area (Å²) in [4.78, 5) is 53.9. The fourth-order valence-electron chi connectivity index (χ4n) is 6.27. The average Bonchev–Trinajstić information content (AvgIpc) is 3.55. The van der Waals surface area contributed by atoms with Gasteiger partial charge in [-0.1, -0.05) is 77.3 Å². The molecule has 3 aromatic rings. The van der Waals surface area contributed by atoms with Crippen molar-refractivity contribution in [3.05, 3.63) is 83.7 Å². The molecule has 2 atom stereocenters. The van der Waals surface area contributed by atoms with Crippen LogP contribution in [0.25, 0.3) is 11.1 Å². The van der Waals surface area contributed by atoms with E-state index in [-0.39, 0.29) is 49.2 Å². The molecule has 3 amide bonds. The summed E-state index contributed by atoms with van der Waals surface area (Å²) in [6.45, 7) is 16.3. The van der Waals surface area contributed by atoms with E-state index in [2.05, 4.69) is 36.8 Å². The summed E-state index contributed by atoms with van der Waals surface area (Å²) in [6, 6.07) is 15.1. The van der Waals surface area contributed by atoms with Gasteiger partial charge in [0.25, 0.3) is 0 Å². The Kier molecular flexibility index (Phi) is 20.2. The molecule has 1 unspecified atom stereocenters. The van der Waals surface area contributed by atoms with Crippen LogP contribution in [-0.2, 0) is 30.4 Å². The second-order valence-electron chi connectivity index (χ2n) is 16.4. The second-order valence-corrected chi connectivity index (χ2v) is 24.2. The zero-order valence-corrected chi connectivity index (χ0v) is 38.3. The summed E-state index contributed by atoms with van der Waals surface area (Å²) >= 11 is 1.29. The Morgan fingerprint density at radius 3 is 2.26 bits per heavy atom. The van der Waals surface area contributed by atoms with Crippen molar-refractivity contribution in [2.24, 2.45) is 11.1 Å². The lowest BCUT2D eigenvalue weighted by Gasteiger charge is -2.41. The number of nitrogens with one attached hydrogen (secondary N) is 2. The van der Waals surface area contributed by atoms with Crippen molar-refractivity contribution in [1.29, 1.82) is 0 Å². The number of nitrogens with zero attached hydrogens (tertiary/aromatic N) is 2. The number of carbonyl (C=O) groups excluding carboxylic acids is 4. The highest BCUT2D eigenvalue weighted by Crippen LogP contribution is 2.41. The third-order valence-corrected chi connectivity index (χ3v) is 13.1. The average molecular weight is 860 g/mol. The van der Waals surface area contributed by atoms with Crippen molar-refractivity contribution in [3.63, 3.8) is 0 Å². The molecule has 11 nitrogen and oxygen atoms in total. The smallest absolute Gasteiger partial charge is 0.407 e. The van der Waals surface area contributed by atoms with Crippen molar-refractivity contribution in [1.82, 2.24) is 20.1 Å². The van der Waals surface area contributed by atoms with E-state index in [4.69, 9.17) is 15.2 Å². The van der Waals surface area contributed by atoms with Gasteiger partial charge in [0.2, 0.25) is 11.8 Å².